The highest BCUT2D eigenvalue weighted by Crippen LogP contribution is 2.00. The lowest BCUT2D eigenvalue weighted by atomic mass is 10.2. The first kappa shape index (κ1) is 10.3. The maximum Gasteiger partial charge on any atom is 0.244 e. The molecule has 0 bridgehead atoms. The Morgan fingerprint density at radius 3 is 2.77 bits per heavy atom. The maximum absolute atomic E-state index is 11.0. The van der Waals surface area contributed by atoms with Crippen molar-refractivity contribution in [1.29, 1.82) is 0 Å². The van der Waals surface area contributed by atoms with Crippen molar-refractivity contribution in [3.05, 3.63) is 0 Å². The first-order chi connectivity index (χ1) is 6.09. The molecule has 2 N–H and O–H groups in total. The summed E-state index contributed by atoms with van der Waals surface area (Å²) in [7, 11) is -0.865. The van der Waals surface area contributed by atoms with Crippen molar-refractivity contribution >= 4 is 22.6 Å². The summed E-state index contributed by atoms with van der Waals surface area (Å²) < 4.78 is 10.7. The summed E-state index contributed by atoms with van der Waals surface area (Å²) in [6.45, 7) is 0.495. The summed E-state index contributed by atoms with van der Waals surface area (Å²) in [6.07, 6.45) is 1.79. The van der Waals surface area contributed by atoms with E-state index in [9.17, 15) is 13.8 Å². The third-order valence-electron chi connectivity index (χ3n) is 1.75. The highest BCUT2D eigenvalue weighted by molar-refractivity contribution is 7.84. The average molecular weight is 204 g/mol. The highest BCUT2D eigenvalue weighted by Gasteiger charge is 2.29. The lowest BCUT2D eigenvalue weighted by Crippen LogP contribution is -2.38. The molecule has 0 aromatic carbocycles. The van der Waals surface area contributed by atoms with Crippen molar-refractivity contribution in [2.45, 2.75) is 12.5 Å². The third kappa shape index (κ3) is 3.23. The van der Waals surface area contributed by atoms with Gasteiger partial charge in [-0.15, -0.1) is 0 Å². The van der Waals surface area contributed by atoms with Crippen LogP contribution in [0, 0.1) is 0 Å². The van der Waals surface area contributed by atoms with Gasteiger partial charge in [0, 0.05) is 29.4 Å². The monoisotopic (exact) mass is 204 g/mol. The van der Waals surface area contributed by atoms with Crippen LogP contribution in [0.1, 0.15) is 6.42 Å². The summed E-state index contributed by atoms with van der Waals surface area (Å²) in [6, 6.07) is -0.434. The largest absolute Gasteiger partial charge is 0.305 e. The molecule has 6 heteroatoms. The van der Waals surface area contributed by atoms with Crippen molar-refractivity contribution in [3.63, 3.8) is 0 Å². The van der Waals surface area contributed by atoms with Gasteiger partial charge < -0.3 is 5.32 Å². The van der Waals surface area contributed by atoms with E-state index in [0.29, 0.717) is 12.3 Å². The number of amides is 2. The molecule has 1 aliphatic heterocycles. The summed E-state index contributed by atoms with van der Waals surface area (Å²) in [4.78, 5) is 21.7. The van der Waals surface area contributed by atoms with Crippen LogP contribution in [0.15, 0.2) is 0 Å². The minimum atomic E-state index is -0.865. The Bertz CT molecular complexity index is 254. The van der Waals surface area contributed by atoms with E-state index in [0.717, 1.165) is 0 Å². The van der Waals surface area contributed by atoms with Crippen LogP contribution in [-0.2, 0) is 20.4 Å². The standard InChI is InChI=1S/C7H12N2O3S/c1-13(12)3-2-8-5-4-6(10)9-7(5)11/h5,8H,2-4H2,1H3,(H,9,10,11). The normalized spacial score (nSPS) is 24.5. The Morgan fingerprint density at radius 2 is 2.31 bits per heavy atom. The van der Waals surface area contributed by atoms with E-state index in [1.807, 2.05) is 0 Å². The van der Waals surface area contributed by atoms with Gasteiger partial charge in [0.2, 0.25) is 11.8 Å². The summed E-state index contributed by atoms with van der Waals surface area (Å²) in [5, 5.41) is 5.06. The lowest BCUT2D eigenvalue weighted by Gasteiger charge is -2.06. The van der Waals surface area contributed by atoms with Crippen molar-refractivity contribution in [3.8, 4) is 0 Å². The Morgan fingerprint density at radius 1 is 1.62 bits per heavy atom. The van der Waals surface area contributed by atoms with E-state index in [1.165, 1.54) is 0 Å². The van der Waals surface area contributed by atoms with Crippen molar-refractivity contribution in [1.82, 2.24) is 10.6 Å². The molecule has 1 aliphatic rings. The van der Waals surface area contributed by atoms with Gasteiger partial charge in [-0.1, -0.05) is 0 Å². The second-order valence-electron chi connectivity index (χ2n) is 2.90. The number of hydrogen-bond acceptors (Lipinski definition) is 4. The molecule has 2 unspecified atom stereocenters. The predicted octanol–water partition coefficient (Wildman–Crippen LogP) is -1.63. The first-order valence-electron chi connectivity index (χ1n) is 3.96. The Labute approximate surface area is 78.7 Å². The van der Waals surface area contributed by atoms with Crippen LogP contribution in [0.2, 0.25) is 0 Å². The van der Waals surface area contributed by atoms with Crippen LogP contribution >= 0.6 is 0 Å². The van der Waals surface area contributed by atoms with E-state index in [-0.39, 0.29) is 18.2 Å². The smallest absolute Gasteiger partial charge is 0.244 e. The van der Waals surface area contributed by atoms with E-state index < -0.39 is 16.8 Å². The highest BCUT2D eigenvalue weighted by atomic mass is 32.2. The molecule has 1 heterocycles. The molecule has 0 aliphatic carbocycles. The van der Waals surface area contributed by atoms with Gasteiger partial charge in [-0.05, 0) is 0 Å². The first-order valence-corrected chi connectivity index (χ1v) is 5.69. The maximum atomic E-state index is 11.0. The van der Waals surface area contributed by atoms with E-state index >= 15 is 0 Å². The zero-order valence-electron chi connectivity index (χ0n) is 7.33. The van der Waals surface area contributed by atoms with Gasteiger partial charge in [-0.2, -0.15) is 0 Å². The second kappa shape index (κ2) is 4.48. The van der Waals surface area contributed by atoms with Crippen LogP contribution in [0.4, 0.5) is 0 Å². The summed E-state index contributed by atoms with van der Waals surface area (Å²) >= 11 is 0. The van der Waals surface area contributed by atoms with E-state index in [4.69, 9.17) is 0 Å². The molecule has 74 valence electrons. The fourth-order valence-electron chi connectivity index (χ4n) is 1.10. The van der Waals surface area contributed by atoms with Crippen LogP contribution in [0.25, 0.3) is 0 Å². The molecule has 1 rings (SSSR count). The number of carbonyl (C=O) groups is 2. The molecule has 1 fully saturated rings. The Balaban J connectivity index is 2.26. The fourth-order valence-corrected chi connectivity index (χ4v) is 1.50. The predicted molar refractivity (Wildman–Crippen MR) is 48.5 cm³/mol. The summed E-state index contributed by atoms with van der Waals surface area (Å²) in [5.41, 5.74) is 0. The molecule has 2 amide bonds. The quantitative estimate of drug-likeness (QED) is 0.539. The zero-order valence-corrected chi connectivity index (χ0v) is 8.15. The topological polar surface area (TPSA) is 75.3 Å². The Kier molecular flexibility index (Phi) is 3.56. The molecular formula is C7H12N2O3S. The average Bonchev–Trinajstić information content (AvgIpc) is 2.29. The van der Waals surface area contributed by atoms with Gasteiger partial charge in [-0.25, -0.2) is 0 Å². The zero-order chi connectivity index (χ0) is 9.84. The van der Waals surface area contributed by atoms with Gasteiger partial charge >= 0.3 is 0 Å². The minimum absolute atomic E-state index is 0.190. The van der Waals surface area contributed by atoms with Gasteiger partial charge in [0.1, 0.15) is 0 Å². The molecule has 0 saturated carbocycles. The molecule has 0 radical (unpaired) electrons. The van der Waals surface area contributed by atoms with Gasteiger partial charge in [-0.3, -0.25) is 19.1 Å². The number of nitrogens with one attached hydrogen (secondary N) is 2. The van der Waals surface area contributed by atoms with Crippen LogP contribution in [-0.4, -0.2) is 40.6 Å². The fraction of sp³-hybridized carbons (Fsp3) is 0.714. The van der Waals surface area contributed by atoms with Crippen molar-refractivity contribution in [2.24, 2.45) is 0 Å². The molecule has 0 aromatic rings. The van der Waals surface area contributed by atoms with Crippen LogP contribution in [0.5, 0.6) is 0 Å². The van der Waals surface area contributed by atoms with Crippen molar-refractivity contribution < 1.29 is 13.8 Å². The summed E-state index contributed by atoms with van der Waals surface area (Å²) in [5.74, 6) is -0.0372. The molecule has 0 spiro atoms. The molecule has 5 nitrogen and oxygen atoms in total. The minimum Gasteiger partial charge on any atom is -0.305 e. The van der Waals surface area contributed by atoms with Crippen molar-refractivity contribution in [2.75, 3.05) is 18.6 Å². The molecular weight excluding hydrogens is 192 g/mol. The molecule has 2 atom stereocenters. The SMILES string of the molecule is CS(=O)CCNC1CC(=O)NC1=O. The van der Waals surface area contributed by atoms with E-state index in [2.05, 4.69) is 10.6 Å². The van der Waals surface area contributed by atoms with E-state index in [1.54, 1.807) is 6.26 Å². The van der Waals surface area contributed by atoms with Gasteiger partial charge in [0.05, 0.1) is 12.5 Å². The third-order valence-corrected chi connectivity index (χ3v) is 2.53. The van der Waals surface area contributed by atoms with Crippen LogP contribution in [0.3, 0.4) is 0 Å². The van der Waals surface area contributed by atoms with Gasteiger partial charge in [0.25, 0.3) is 0 Å². The second-order valence-corrected chi connectivity index (χ2v) is 4.46. The molecule has 1 saturated heterocycles. The molecule has 0 aromatic heterocycles. The Hall–Kier alpha value is -0.750. The van der Waals surface area contributed by atoms with Crippen LogP contribution < -0.4 is 10.6 Å². The number of carbonyl (C=O) groups excluding carboxylic acids is 2. The molecule has 13 heavy (non-hydrogen) atoms. The number of rotatable bonds is 4. The number of hydrogen-bond donors (Lipinski definition) is 2. The number of imide groups is 1. The van der Waals surface area contributed by atoms with Gasteiger partial charge in [0.15, 0.2) is 0 Å². The lowest BCUT2D eigenvalue weighted by molar-refractivity contribution is -0.125.